The number of benzene rings is 2. The Morgan fingerprint density at radius 1 is 1.15 bits per heavy atom. The van der Waals surface area contributed by atoms with Crippen molar-refractivity contribution in [3.05, 3.63) is 59.2 Å². The SMILES string of the molecule is Cc1cc(N(C)c2cccc(F)c2)c(C(C)N)cc1F. The van der Waals surface area contributed by atoms with E-state index < -0.39 is 0 Å². The Kier molecular flexibility index (Phi) is 4.04. The van der Waals surface area contributed by atoms with E-state index in [4.69, 9.17) is 5.73 Å². The molecule has 0 spiro atoms. The van der Waals surface area contributed by atoms with Gasteiger partial charge < -0.3 is 10.6 Å². The monoisotopic (exact) mass is 276 g/mol. The standard InChI is InChI=1S/C16H18F2N2/c1-10-7-16(14(11(2)19)9-15(10)18)20(3)13-6-4-5-12(17)8-13/h4-9,11H,19H2,1-3H3. The van der Waals surface area contributed by atoms with Crippen LogP contribution < -0.4 is 10.6 Å². The first-order valence-electron chi connectivity index (χ1n) is 6.45. The number of nitrogens with zero attached hydrogens (tertiary/aromatic N) is 1. The smallest absolute Gasteiger partial charge is 0.126 e. The van der Waals surface area contributed by atoms with Gasteiger partial charge in [-0.3, -0.25) is 0 Å². The van der Waals surface area contributed by atoms with Crippen LogP contribution in [0.15, 0.2) is 36.4 Å². The van der Waals surface area contributed by atoms with Gasteiger partial charge in [-0.05, 0) is 55.3 Å². The molecule has 2 rings (SSSR count). The fourth-order valence-electron chi connectivity index (χ4n) is 2.16. The maximum atomic E-state index is 13.7. The number of anilines is 2. The molecule has 106 valence electrons. The topological polar surface area (TPSA) is 29.3 Å². The number of hydrogen-bond donors (Lipinski definition) is 1. The normalized spacial score (nSPS) is 12.3. The summed E-state index contributed by atoms with van der Waals surface area (Å²) in [7, 11) is 1.81. The Balaban J connectivity index is 2.53. The van der Waals surface area contributed by atoms with E-state index in [0.717, 1.165) is 5.69 Å². The second-order valence-electron chi connectivity index (χ2n) is 4.99. The zero-order valence-electron chi connectivity index (χ0n) is 11.8. The average molecular weight is 276 g/mol. The van der Waals surface area contributed by atoms with Crippen molar-refractivity contribution in [2.45, 2.75) is 19.9 Å². The number of aryl methyl sites for hydroxylation is 1. The highest BCUT2D eigenvalue weighted by Crippen LogP contribution is 2.32. The van der Waals surface area contributed by atoms with Crippen LogP contribution in [0.5, 0.6) is 0 Å². The van der Waals surface area contributed by atoms with Crippen molar-refractivity contribution in [2.75, 3.05) is 11.9 Å². The van der Waals surface area contributed by atoms with Crippen LogP contribution in [0, 0.1) is 18.6 Å². The maximum Gasteiger partial charge on any atom is 0.126 e. The highest BCUT2D eigenvalue weighted by atomic mass is 19.1. The Morgan fingerprint density at radius 2 is 1.85 bits per heavy atom. The summed E-state index contributed by atoms with van der Waals surface area (Å²) in [6, 6.07) is 9.14. The third-order valence-electron chi connectivity index (χ3n) is 3.36. The van der Waals surface area contributed by atoms with Gasteiger partial charge in [0.15, 0.2) is 0 Å². The van der Waals surface area contributed by atoms with Gasteiger partial charge in [-0.25, -0.2) is 8.78 Å². The minimum atomic E-state index is -0.310. The lowest BCUT2D eigenvalue weighted by Gasteiger charge is -2.25. The predicted octanol–water partition coefficient (Wildman–Crippen LogP) is 4.06. The fourth-order valence-corrected chi connectivity index (χ4v) is 2.16. The van der Waals surface area contributed by atoms with Gasteiger partial charge in [-0.15, -0.1) is 0 Å². The van der Waals surface area contributed by atoms with E-state index in [9.17, 15) is 8.78 Å². The molecule has 0 saturated carbocycles. The lowest BCUT2D eigenvalue weighted by Crippen LogP contribution is -2.16. The van der Waals surface area contributed by atoms with E-state index in [-0.39, 0.29) is 17.7 Å². The first-order chi connectivity index (χ1) is 9.40. The molecule has 2 N–H and O–H groups in total. The van der Waals surface area contributed by atoms with Crippen molar-refractivity contribution in [3.8, 4) is 0 Å². The molecule has 0 bridgehead atoms. The molecule has 2 nitrogen and oxygen atoms in total. The molecular weight excluding hydrogens is 258 g/mol. The molecule has 0 amide bonds. The quantitative estimate of drug-likeness (QED) is 0.916. The summed E-state index contributed by atoms with van der Waals surface area (Å²) in [6.45, 7) is 3.50. The number of halogens is 2. The number of nitrogens with two attached hydrogens (primary N) is 1. The molecule has 0 aromatic heterocycles. The summed E-state index contributed by atoms with van der Waals surface area (Å²) >= 11 is 0. The maximum absolute atomic E-state index is 13.7. The van der Waals surface area contributed by atoms with Crippen LogP contribution in [-0.2, 0) is 0 Å². The Bertz CT molecular complexity index is 624. The molecule has 4 heteroatoms. The predicted molar refractivity (Wildman–Crippen MR) is 78.2 cm³/mol. The van der Waals surface area contributed by atoms with Crippen LogP contribution in [0.1, 0.15) is 24.1 Å². The molecule has 0 saturated heterocycles. The lowest BCUT2D eigenvalue weighted by atomic mass is 10.0. The summed E-state index contributed by atoms with van der Waals surface area (Å²) in [5.74, 6) is -0.593. The van der Waals surface area contributed by atoms with Crippen LogP contribution >= 0.6 is 0 Å². The van der Waals surface area contributed by atoms with Gasteiger partial charge in [-0.1, -0.05) is 6.07 Å². The van der Waals surface area contributed by atoms with Crippen LogP contribution in [0.3, 0.4) is 0 Å². The van der Waals surface area contributed by atoms with E-state index in [0.29, 0.717) is 16.8 Å². The van der Waals surface area contributed by atoms with E-state index >= 15 is 0 Å². The van der Waals surface area contributed by atoms with Crippen molar-refractivity contribution in [1.82, 2.24) is 0 Å². The Morgan fingerprint density at radius 3 is 2.45 bits per heavy atom. The summed E-state index contributed by atoms with van der Waals surface area (Å²) < 4.78 is 27.0. The van der Waals surface area contributed by atoms with Crippen molar-refractivity contribution < 1.29 is 8.78 Å². The second-order valence-corrected chi connectivity index (χ2v) is 4.99. The Hall–Kier alpha value is -1.94. The number of rotatable bonds is 3. The molecule has 1 unspecified atom stereocenters. The molecule has 1 atom stereocenters. The molecule has 2 aromatic rings. The first-order valence-corrected chi connectivity index (χ1v) is 6.45. The van der Waals surface area contributed by atoms with Gasteiger partial charge in [0, 0.05) is 24.5 Å². The van der Waals surface area contributed by atoms with Crippen molar-refractivity contribution >= 4 is 11.4 Å². The van der Waals surface area contributed by atoms with E-state index in [1.165, 1.54) is 18.2 Å². The van der Waals surface area contributed by atoms with Crippen molar-refractivity contribution in [2.24, 2.45) is 5.73 Å². The van der Waals surface area contributed by atoms with Crippen LogP contribution in [0.2, 0.25) is 0 Å². The minimum absolute atomic E-state index is 0.284. The second kappa shape index (κ2) is 5.59. The number of hydrogen-bond acceptors (Lipinski definition) is 2. The molecular formula is C16H18F2N2. The third-order valence-corrected chi connectivity index (χ3v) is 3.36. The zero-order valence-corrected chi connectivity index (χ0v) is 11.8. The molecule has 0 fully saturated rings. The molecule has 0 aliphatic heterocycles. The molecule has 0 heterocycles. The van der Waals surface area contributed by atoms with E-state index in [1.54, 1.807) is 32.0 Å². The molecule has 0 radical (unpaired) electrons. The summed E-state index contributed by atoms with van der Waals surface area (Å²) in [5.41, 5.74) is 8.62. The van der Waals surface area contributed by atoms with Crippen LogP contribution in [0.4, 0.5) is 20.2 Å². The van der Waals surface area contributed by atoms with Crippen LogP contribution in [0.25, 0.3) is 0 Å². The Labute approximate surface area is 117 Å². The zero-order chi connectivity index (χ0) is 14.9. The fraction of sp³-hybridized carbons (Fsp3) is 0.250. The third kappa shape index (κ3) is 2.80. The van der Waals surface area contributed by atoms with Gasteiger partial charge in [-0.2, -0.15) is 0 Å². The lowest BCUT2D eigenvalue weighted by molar-refractivity contribution is 0.613. The molecule has 20 heavy (non-hydrogen) atoms. The minimum Gasteiger partial charge on any atom is -0.344 e. The van der Waals surface area contributed by atoms with E-state index in [1.807, 2.05) is 11.9 Å². The van der Waals surface area contributed by atoms with Gasteiger partial charge in [0.05, 0.1) is 0 Å². The average Bonchev–Trinajstić information content (AvgIpc) is 2.40. The van der Waals surface area contributed by atoms with Gasteiger partial charge in [0.1, 0.15) is 11.6 Å². The molecule has 2 aromatic carbocycles. The molecule has 0 aliphatic rings. The van der Waals surface area contributed by atoms with Crippen molar-refractivity contribution in [3.63, 3.8) is 0 Å². The van der Waals surface area contributed by atoms with E-state index in [2.05, 4.69) is 0 Å². The highest BCUT2D eigenvalue weighted by Gasteiger charge is 2.15. The summed E-state index contributed by atoms with van der Waals surface area (Å²) in [5, 5.41) is 0. The summed E-state index contributed by atoms with van der Waals surface area (Å²) in [4.78, 5) is 1.81. The highest BCUT2D eigenvalue weighted by molar-refractivity contribution is 5.67. The van der Waals surface area contributed by atoms with Gasteiger partial charge in [0.25, 0.3) is 0 Å². The van der Waals surface area contributed by atoms with Gasteiger partial charge in [0.2, 0.25) is 0 Å². The van der Waals surface area contributed by atoms with Crippen molar-refractivity contribution in [1.29, 1.82) is 0 Å². The van der Waals surface area contributed by atoms with Gasteiger partial charge >= 0.3 is 0 Å². The van der Waals surface area contributed by atoms with Crippen LogP contribution in [-0.4, -0.2) is 7.05 Å². The largest absolute Gasteiger partial charge is 0.344 e. The summed E-state index contributed by atoms with van der Waals surface area (Å²) in [6.07, 6.45) is 0. The molecule has 0 aliphatic carbocycles. The first kappa shape index (κ1) is 14.5.